The van der Waals surface area contributed by atoms with Gasteiger partial charge in [0.05, 0.1) is 4.90 Å². The van der Waals surface area contributed by atoms with Crippen molar-refractivity contribution in [3.63, 3.8) is 0 Å². The number of aryl methyl sites for hydroxylation is 1. The molecule has 1 aromatic rings. The fourth-order valence-corrected chi connectivity index (χ4v) is 3.15. The summed E-state index contributed by atoms with van der Waals surface area (Å²) in [6, 6.07) is 4.36. The van der Waals surface area contributed by atoms with Crippen molar-refractivity contribution < 1.29 is 23.1 Å². The molecule has 0 saturated heterocycles. The molecule has 0 radical (unpaired) electrons. The van der Waals surface area contributed by atoms with E-state index in [1.165, 1.54) is 25.2 Å². The van der Waals surface area contributed by atoms with Crippen LogP contribution in [0.3, 0.4) is 0 Å². The van der Waals surface area contributed by atoms with Gasteiger partial charge in [-0.15, -0.1) is 0 Å². The third-order valence-corrected chi connectivity index (χ3v) is 4.84. The fraction of sp³-hybridized carbons (Fsp3) is 0.333. The smallest absolute Gasteiger partial charge is 0.318 e. The summed E-state index contributed by atoms with van der Waals surface area (Å²) in [6.45, 7) is -0.601. The van der Waals surface area contributed by atoms with E-state index in [0.717, 1.165) is 9.87 Å². The lowest BCUT2D eigenvalue weighted by Crippen LogP contribution is -2.32. The number of carboxylic acids is 1. The highest BCUT2D eigenvalue weighted by Crippen LogP contribution is 2.26. The van der Waals surface area contributed by atoms with E-state index < -0.39 is 22.5 Å². The molecule has 0 atom stereocenters. The van der Waals surface area contributed by atoms with Gasteiger partial charge in [-0.3, -0.25) is 9.59 Å². The third-order valence-electron chi connectivity index (χ3n) is 3.04. The van der Waals surface area contributed by atoms with E-state index in [1.807, 2.05) is 0 Å². The minimum atomic E-state index is -3.84. The Bertz CT molecular complexity index is 668. The van der Waals surface area contributed by atoms with E-state index in [-0.39, 0.29) is 10.8 Å². The molecule has 1 aromatic carbocycles. The number of amides is 1. The Balaban J connectivity index is 2.34. The van der Waals surface area contributed by atoms with Gasteiger partial charge in [-0.1, -0.05) is 0 Å². The summed E-state index contributed by atoms with van der Waals surface area (Å²) in [5.74, 6) is -1.32. The molecule has 0 aromatic heterocycles. The quantitative estimate of drug-likeness (QED) is 0.830. The van der Waals surface area contributed by atoms with Crippen molar-refractivity contribution in [3.8, 4) is 0 Å². The number of carbonyl (C=O) groups excluding carboxylic acids is 1. The number of anilines is 1. The van der Waals surface area contributed by atoms with Crippen LogP contribution < -0.4 is 5.32 Å². The maximum Gasteiger partial charge on any atom is 0.318 e. The number of carboxylic acid groups (broad SMARTS) is 1. The number of hydrogen-bond acceptors (Lipinski definition) is 4. The molecule has 0 fully saturated rings. The van der Waals surface area contributed by atoms with Gasteiger partial charge in [0.1, 0.15) is 6.54 Å². The highest BCUT2D eigenvalue weighted by atomic mass is 32.2. The zero-order valence-corrected chi connectivity index (χ0v) is 11.6. The number of sulfonamides is 1. The Labute approximate surface area is 116 Å². The zero-order chi connectivity index (χ0) is 14.9. The summed E-state index contributed by atoms with van der Waals surface area (Å²) in [5.41, 5.74) is 1.33. The molecule has 2 N–H and O–H groups in total. The van der Waals surface area contributed by atoms with Crippen molar-refractivity contribution in [2.24, 2.45) is 0 Å². The van der Waals surface area contributed by atoms with Crippen LogP contribution in [-0.2, 0) is 26.0 Å². The van der Waals surface area contributed by atoms with E-state index in [9.17, 15) is 18.0 Å². The number of nitrogens with zero attached hydrogens (tertiary/aromatic N) is 1. The average molecular weight is 298 g/mol. The molecule has 0 unspecified atom stereocenters. The van der Waals surface area contributed by atoms with Crippen molar-refractivity contribution >= 4 is 27.6 Å². The average Bonchev–Trinajstić information content (AvgIpc) is 2.37. The van der Waals surface area contributed by atoms with Crippen LogP contribution >= 0.6 is 0 Å². The third kappa shape index (κ3) is 2.81. The van der Waals surface area contributed by atoms with Gasteiger partial charge < -0.3 is 10.4 Å². The van der Waals surface area contributed by atoms with Crippen LogP contribution in [0.5, 0.6) is 0 Å². The van der Waals surface area contributed by atoms with Crippen molar-refractivity contribution in [3.05, 3.63) is 23.8 Å². The summed E-state index contributed by atoms with van der Waals surface area (Å²) in [7, 11) is -2.63. The van der Waals surface area contributed by atoms with Crippen LogP contribution in [0.1, 0.15) is 12.0 Å². The van der Waals surface area contributed by atoms with E-state index >= 15 is 0 Å². The number of benzene rings is 1. The van der Waals surface area contributed by atoms with Crippen LogP contribution in [0.2, 0.25) is 0 Å². The number of likely N-dealkylation sites (N-methyl/N-ethyl adjacent to an activating group) is 1. The van der Waals surface area contributed by atoms with Crippen molar-refractivity contribution in [1.29, 1.82) is 0 Å². The first-order valence-corrected chi connectivity index (χ1v) is 7.35. The van der Waals surface area contributed by atoms with E-state index in [4.69, 9.17) is 5.11 Å². The molecule has 0 spiro atoms. The topological polar surface area (TPSA) is 104 Å². The molecule has 108 valence electrons. The minimum Gasteiger partial charge on any atom is -0.480 e. The molecule has 8 heteroatoms. The lowest BCUT2D eigenvalue weighted by atomic mass is 10.0. The van der Waals surface area contributed by atoms with Gasteiger partial charge >= 0.3 is 5.97 Å². The minimum absolute atomic E-state index is 0.0242. The van der Waals surface area contributed by atoms with Gasteiger partial charge in [-0.25, -0.2) is 8.42 Å². The van der Waals surface area contributed by atoms with Gasteiger partial charge in [0.2, 0.25) is 15.9 Å². The number of carbonyl (C=O) groups is 2. The predicted molar refractivity (Wildman–Crippen MR) is 70.8 cm³/mol. The van der Waals surface area contributed by atoms with Crippen LogP contribution in [0.25, 0.3) is 0 Å². The summed E-state index contributed by atoms with van der Waals surface area (Å²) in [4.78, 5) is 21.9. The maximum atomic E-state index is 12.2. The molecule has 20 heavy (non-hydrogen) atoms. The van der Waals surface area contributed by atoms with Gasteiger partial charge in [-0.2, -0.15) is 4.31 Å². The predicted octanol–water partition coefficient (Wildman–Crippen LogP) is 0.276. The largest absolute Gasteiger partial charge is 0.480 e. The van der Waals surface area contributed by atoms with Crippen LogP contribution in [-0.4, -0.2) is 43.3 Å². The molecule has 2 rings (SSSR count). The molecule has 1 aliphatic rings. The first-order chi connectivity index (χ1) is 9.30. The number of rotatable bonds is 4. The lowest BCUT2D eigenvalue weighted by molar-refractivity contribution is -0.137. The molecule has 7 nitrogen and oxygen atoms in total. The fourth-order valence-electron chi connectivity index (χ4n) is 1.98. The molecular formula is C12H14N2O5S. The Hall–Kier alpha value is -1.93. The first kappa shape index (κ1) is 14.5. The SMILES string of the molecule is CN(CC(=O)O)S(=O)(=O)c1ccc2c(c1)CCC(=O)N2. The number of fused-ring (bicyclic) bond motifs is 1. The molecule has 0 saturated carbocycles. The Kier molecular flexibility index (Phi) is 3.78. The van der Waals surface area contributed by atoms with Gasteiger partial charge in [-0.05, 0) is 30.2 Å². The normalized spacial score (nSPS) is 14.8. The molecule has 1 heterocycles. The summed E-state index contributed by atoms with van der Waals surface area (Å²) >= 11 is 0. The summed E-state index contributed by atoms with van der Waals surface area (Å²) in [5, 5.41) is 11.3. The molecule has 0 aliphatic carbocycles. The van der Waals surface area contributed by atoms with E-state index in [2.05, 4.69) is 5.32 Å². The van der Waals surface area contributed by atoms with Crippen molar-refractivity contribution in [2.75, 3.05) is 18.9 Å². The van der Waals surface area contributed by atoms with E-state index in [1.54, 1.807) is 0 Å². The molecule has 0 bridgehead atoms. The van der Waals surface area contributed by atoms with E-state index in [0.29, 0.717) is 18.5 Å². The Morgan fingerprint density at radius 1 is 1.40 bits per heavy atom. The Morgan fingerprint density at radius 3 is 2.75 bits per heavy atom. The van der Waals surface area contributed by atoms with Crippen molar-refractivity contribution in [1.82, 2.24) is 4.31 Å². The standard InChI is InChI=1S/C12H14N2O5S/c1-14(7-12(16)17)20(18,19)9-3-4-10-8(6-9)2-5-11(15)13-10/h3-4,6H,2,5,7H2,1H3,(H,13,15)(H,16,17). The van der Waals surface area contributed by atoms with Crippen LogP contribution in [0, 0.1) is 0 Å². The Morgan fingerprint density at radius 2 is 2.10 bits per heavy atom. The zero-order valence-electron chi connectivity index (χ0n) is 10.8. The van der Waals surface area contributed by atoms with Gasteiger partial charge in [0.15, 0.2) is 0 Å². The number of hydrogen-bond donors (Lipinski definition) is 2. The second-order valence-electron chi connectivity index (χ2n) is 4.52. The number of aliphatic carboxylic acids is 1. The van der Waals surface area contributed by atoms with Gasteiger partial charge in [0.25, 0.3) is 0 Å². The van der Waals surface area contributed by atoms with Crippen LogP contribution in [0.4, 0.5) is 5.69 Å². The highest BCUT2D eigenvalue weighted by molar-refractivity contribution is 7.89. The second kappa shape index (κ2) is 5.22. The van der Waals surface area contributed by atoms with Crippen molar-refractivity contribution in [2.45, 2.75) is 17.7 Å². The number of nitrogens with one attached hydrogen (secondary N) is 1. The molecule has 1 aliphatic heterocycles. The maximum absolute atomic E-state index is 12.2. The molecule has 1 amide bonds. The summed E-state index contributed by atoms with van der Waals surface area (Å²) in [6.07, 6.45) is 0.772. The van der Waals surface area contributed by atoms with Gasteiger partial charge in [0, 0.05) is 19.2 Å². The summed E-state index contributed by atoms with van der Waals surface area (Å²) < 4.78 is 25.2. The van der Waals surface area contributed by atoms with Crippen LogP contribution in [0.15, 0.2) is 23.1 Å². The second-order valence-corrected chi connectivity index (χ2v) is 6.57. The first-order valence-electron chi connectivity index (χ1n) is 5.91. The molecular weight excluding hydrogens is 284 g/mol. The highest BCUT2D eigenvalue weighted by Gasteiger charge is 2.24. The monoisotopic (exact) mass is 298 g/mol. The lowest BCUT2D eigenvalue weighted by Gasteiger charge is -2.19.